The molecule has 8 heteroatoms. The second-order valence-corrected chi connectivity index (χ2v) is 9.01. The molecular weight excluding hydrogens is 438 g/mol. The number of piperidine rings is 1. The predicted molar refractivity (Wildman–Crippen MR) is 124 cm³/mol. The molecule has 0 unspecified atom stereocenters. The van der Waals surface area contributed by atoms with Gasteiger partial charge in [-0.05, 0) is 61.9 Å². The fraction of sp³-hybridized carbons (Fsp3) is 0.385. The van der Waals surface area contributed by atoms with Crippen molar-refractivity contribution in [2.24, 2.45) is 0 Å². The minimum atomic E-state index is -0.925. The molecule has 1 aromatic heterocycles. The Labute approximate surface area is 197 Å². The van der Waals surface area contributed by atoms with Gasteiger partial charge in [0.25, 0.3) is 5.91 Å². The lowest BCUT2D eigenvalue weighted by atomic mass is 10.0. The Bertz CT molecular complexity index is 1200. The molecule has 5 rings (SSSR count). The van der Waals surface area contributed by atoms with Gasteiger partial charge in [0, 0.05) is 43.0 Å². The van der Waals surface area contributed by atoms with E-state index in [0.29, 0.717) is 11.4 Å². The number of fused-ring (bicyclic) bond motifs is 1. The number of likely N-dealkylation sites (tertiary alicyclic amines) is 1. The number of ether oxygens (including phenoxy) is 1. The summed E-state index contributed by atoms with van der Waals surface area (Å²) in [7, 11) is 1.67. The molecule has 34 heavy (non-hydrogen) atoms. The quantitative estimate of drug-likeness (QED) is 0.596. The van der Waals surface area contributed by atoms with E-state index in [1.54, 1.807) is 11.8 Å². The van der Waals surface area contributed by atoms with Gasteiger partial charge in [-0.1, -0.05) is 12.1 Å². The average Bonchev–Trinajstić information content (AvgIpc) is 3.45. The highest BCUT2D eigenvalue weighted by atomic mass is 19.2. The lowest BCUT2D eigenvalue weighted by molar-refractivity contribution is 0.0902. The van der Waals surface area contributed by atoms with E-state index < -0.39 is 11.6 Å². The number of aromatic nitrogens is 2. The molecule has 0 bridgehead atoms. The topological polar surface area (TPSA) is 59.4 Å². The Balaban J connectivity index is 1.23. The van der Waals surface area contributed by atoms with Crippen molar-refractivity contribution in [2.45, 2.75) is 44.7 Å². The van der Waals surface area contributed by atoms with Crippen molar-refractivity contribution in [3.05, 3.63) is 76.6 Å². The first-order chi connectivity index (χ1) is 16.5. The number of amides is 1. The maximum atomic E-state index is 13.8. The van der Waals surface area contributed by atoms with Crippen LogP contribution in [-0.2, 0) is 19.4 Å². The van der Waals surface area contributed by atoms with Crippen molar-refractivity contribution in [3.63, 3.8) is 0 Å². The number of carbonyl (C=O) groups excluding carboxylic acids is 1. The zero-order valence-electron chi connectivity index (χ0n) is 19.2. The van der Waals surface area contributed by atoms with Gasteiger partial charge in [-0.15, -0.1) is 0 Å². The van der Waals surface area contributed by atoms with Crippen LogP contribution < -0.4 is 10.1 Å². The Morgan fingerprint density at radius 1 is 1.12 bits per heavy atom. The van der Waals surface area contributed by atoms with Crippen molar-refractivity contribution in [1.29, 1.82) is 0 Å². The van der Waals surface area contributed by atoms with Crippen molar-refractivity contribution >= 4 is 5.91 Å². The molecule has 0 atom stereocenters. The molecule has 178 valence electrons. The highest BCUT2D eigenvalue weighted by Crippen LogP contribution is 2.28. The molecule has 1 saturated heterocycles. The van der Waals surface area contributed by atoms with Crippen LogP contribution in [0.25, 0.3) is 5.69 Å². The van der Waals surface area contributed by atoms with Gasteiger partial charge in [-0.25, -0.2) is 13.5 Å². The van der Waals surface area contributed by atoms with Gasteiger partial charge in [0.1, 0.15) is 5.75 Å². The molecule has 1 fully saturated rings. The molecule has 1 aliphatic carbocycles. The van der Waals surface area contributed by atoms with E-state index in [4.69, 9.17) is 4.74 Å². The zero-order chi connectivity index (χ0) is 23.7. The summed E-state index contributed by atoms with van der Waals surface area (Å²) in [6.45, 7) is 2.64. The SMILES string of the molecule is COc1cccc(CN2CCC(NC(=O)c3nn(-c4ccc(F)c(F)c4)c4c3CCC4)CC2)c1. The Hall–Kier alpha value is -3.26. The van der Waals surface area contributed by atoms with Crippen molar-refractivity contribution < 1.29 is 18.3 Å². The third-order valence-electron chi connectivity index (χ3n) is 6.76. The predicted octanol–water partition coefficient (Wildman–Crippen LogP) is 4.04. The van der Waals surface area contributed by atoms with Gasteiger partial charge in [-0.2, -0.15) is 5.10 Å². The standard InChI is InChI=1S/C26H28F2N4O2/c1-34-20-5-2-4-17(14-20)16-31-12-10-18(11-13-31)29-26(33)25-21-6-3-7-24(21)32(30-25)19-8-9-22(27)23(28)15-19/h2,4-5,8-9,14-15,18H,3,6-7,10-13,16H2,1H3,(H,29,33). The molecular formula is C26H28F2N4O2. The van der Waals surface area contributed by atoms with Crippen LogP contribution in [0, 0.1) is 11.6 Å². The summed E-state index contributed by atoms with van der Waals surface area (Å²) in [6, 6.07) is 11.9. The number of rotatable bonds is 6. The largest absolute Gasteiger partial charge is 0.497 e. The van der Waals surface area contributed by atoms with Crippen LogP contribution in [-0.4, -0.2) is 46.8 Å². The van der Waals surface area contributed by atoms with Gasteiger partial charge < -0.3 is 10.1 Å². The highest BCUT2D eigenvalue weighted by Gasteiger charge is 2.29. The van der Waals surface area contributed by atoms with Crippen molar-refractivity contribution in [3.8, 4) is 11.4 Å². The maximum absolute atomic E-state index is 13.8. The molecule has 1 amide bonds. The Morgan fingerprint density at radius 2 is 1.94 bits per heavy atom. The average molecular weight is 467 g/mol. The van der Waals surface area contributed by atoms with Gasteiger partial charge in [0.2, 0.25) is 0 Å². The highest BCUT2D eigenvalue weighted by molar-refractivity contribution is 5.94. The summed E-state index contributed by atoms with van der Waals surface area (Å²) in [5.74, 6) is -1.16. The fourth-order valence-corrected chi connectivity index (χ4v) is 4.97. The lowest BCUT2D eigenvalue weighted by Crippen LogP contribution is -2.44. The van der Waals surface area contributed by atoms with Gasteiger partial charge in [0.15, 0.2) is 17.3 Å². The monoisotopic (exact) mass is 466 g/mol. The van der Waals surface area contributed by atoms with Crippen LogP contribution in [0.4, 0.5) is 8.78 Å². The van der Waals surface area contributed by atoms with Crippen LogP contribution in [0.3, 0.4) is 0 Å². The summed E-state index contributed by atoms with van der Waals surface area (Å²) in [5.41, 5.74) is 3.86. The number of methoxy groups -OCH3 is 1. The first kappa shape index (κ1) is 22.5. The molecule has 2 aliphatic rings. The van der Waals surface area contributed by atoms with Crippen LogP contribution >= 0.6 is 0 Å². The number of hydrogen-bond acceptors (Lipinski definition) is 4. The number of halogens is 2. The summed E-state index contributed by atoms with van der Waals surface area (Å²) >= 11 is 0. The summed E-state index contributed by atoms with van der Waals surface area (Å²) in [4.78, 5) is 15.5. The Morgan fingerprint density at radius 3 is 2.71 bits per heavy atom. The number of hydrogen-bond donors (Lipinski definition) is 1. The fourth-order valence-electron chi connectivity index (χ4n) is 4.97. The third kappa shape index (κ3) is 4.55. The smallest absolute Gasteiger partial charge is 0.272 e. The second kappa shape index (κ2) is 9.54. The van der Waals surface area contributed by atoms with E-state index in [2.05, 4.69) is 27.4 Å². The van der Waals surface area contributed by atoms with E-state index in [1.807, 2.05) is 12.1 Å². The van der Waals surface area contributed by atoms with E-state index in [9.17, 15) is 13.6 Å². The summed E-state index contributed by atoms with van der Waals surface area (Å²) in [6.07, 6.45) is 4.17. The third-order valence-corrected chi connectivity index (χ3v) is 6.76. The van der Waals surface area contributed by atoms with Crippen molar-refractivity contribution in [2.75, 3.05) is 20.2 Å². The molecule has 1 N–H and O–H groups in total. The molecule has 0 radical (unpaired) electrons. The molecule has 2 heterocycles. The number of nitrogens with zero attached hydrogens (tertiary/aromatic N) is 3. The van der Waals surface area contributed by atoms with Gasteiger partial charge in [0.05, 0.1) is 12.8 Å². The molecule has 0 saturated carbocycles. The maximum Gasteiger partial charge on any atom is 0.272 e. The first-order valence-corrected chi connectivity index (χ1v) is 11.7. The zero-order valence-corrected chi connectivity index (χ0v) is 19.2. The molecule has 1 aliphatic heterocycles. The number of nitrogens with one attached hydrogen (secondary N) is 1. The molecule has 6 nitrogen and oxygen atoms in total. The summed E-state index contributed by atoms with van der Waals surface area (Å²) < 4.78 is 34.1. The minimum absolute atomic E-state index is 0.0829. The van der Waals surface area contributed by atoms with Crippen LogP contribution in [0.2, 0.25) is 0 Å². The molecule has 0 spiro atoms. The molecule has 2 aromatic carbocycles. The number of carbonyl (C=O) groups is 1. The van der Waals surface area contributed by atoms with E-state index >= 15 is 0 Å². The normalized spacial score (nSPS) is 16.4. The Kier molecular flexibility index (Phi) is 6.32. The number of benzene rings is 2. The lowest BCUT2D eigenvalue weighted by Gasteiger charge is -2.32. The van der Waals surface area contributed by atoms with Gasteiger partial charge >= 0.3 is 0 Å². The van der Waals surface area contributed by atoms with Crippen molar-refractivity contribution in [1.82, 2.24) is 20.0 Å². The molecule has 3 aromatic rings. The van der Waals surface area contributed by atoms with Crippen LogP contribution in [0.5, 0.6) is 5.75 Å². The minimum Gasteiger partial charge on any atom is -0.497 e. The van der Waals surface area contributed by atoms with E-state index in [1.165, 1.54) is 11.6 Å². The van der Waals surface area contributed by atoms with E-state index in [0.717, 1.165) is 80.9 Å². The van der Waals surface area contributed by atoms with E-state index in [-0.39, 0.29) is 11.9 Å². The first-order valence-electron chi connectivity index (χ1n) is 11.7. The van der Waals surface area contributed by atoms with Gasteiger partial charge in [-0.3, -0.25) is 9.69 Å². The second-order valence-electron chi connectivity index (χ2n) is 9.01. The van der Waals surface area contributed by atoms with Crippen LogP contribution in [0.15, 0.2) is 42.5 Å². The summed E-state index contributed by atoms with van der Waals surface area (Å²) in [5, 5.41) is 7.68. The van der Waals surface area contributed by atoms with Crippen LogP contribution in [0.1, 0.15) is 46.6 Å².